The second-order valence-corrected chi connectivity index (χ2v) is 11.1. The molecule has 3 atom stereocenters. The number of nitrogens with one attached hydrogen (secondary N) is 2. The van der Waals surface area contributed by atoms with E-state index in [1.54, 1.807) is 48.4 Å². The van der Waals surface area contributed by atoms with Crippen LogP contribution in [0.5, 0.6) is 5.75 Å². The molecular formula is C31H32FN5O6S. The Morgan fingerprint density at radius 1 is 1.16 bits per heavy atom. The minimum absolute atomic E-state index is 0.0769. The standard InChI is InChI=1S/C31H32FN5O6S/c1-3-43-21-8-10-25(32)23(17-21)28(35-19-6-9-22-18(15-19)12-13-34-29(22)33)30(38)37-14-4-5-26(37)24-16-20(36-31(39)42-2)7-11-27(24)44(40)41/h6-13,15-17,26,28,35H,3-5,14H2,1-2H3,(H2,33,34)(H,36,39)(H,40,41)/t26-,28+/m1/s1. The van der Waals surface area contributed by atoms with Crippen molar-refractivity contribution in [2.24, 2.45) is 0 Å². The third kappa shape index (κ3) is 6.43. The highest BCUT2D eigenvalue weighted by Gasteiger charge is 2.37. The van der Waals surface area contributed by atoms with Crippen molar-refractivity contribution < 1.29 is 32.2 Å². The molecule has 5 N–H and O–H groups in total. The maximum Gasteiger partial charge on any atom is 0.411 e. The Morgan fingerprint density at radius 2 is 1.95 bits per heavy atom. The number of nitrogen functional groups attached to an aromatic ring is 1. The van der Waals surface area contributed by atoms with Crippen molar-refractivity contribution in [2.45, 2.75) is 36.7 Å². The predicted octanol–water partition coefficient (Wildman–Crippen LogP) is 5.63. The number of likely N-dealkylation sites (tertiary alicyclic amines) is 1. The van der Waals surface area contributed by atoms with E-state index in [4.69, 9.17) is 10.5 Å². The summed E-state index contributed by atoms with van der Waals surface area (Å²) in [7, 11) is 1.22. The van der Waals surface area contributed by atoms with Gasteiger partial charge in [0.1, 0.15) is 23.4 Å². The Bertz CT molecular complexity index is 1740. The third-order valence-corrected chi connectivity index (χ3v) is 8.22. The number of carbonyl (C=O) groups is 2. The van der Waals surface area contributed by atoms with E-state index in [-0.39, 0.29) is 10.5 Å². The molecule has 0 spiro atoms. The summed E-state index contributed by atoms with van der Waals surface area (Å²) in [6.07, 6.45) is 1.94. The van der Waals surface area contributed by atoms with Crippen LogP contribution in [-0.2, 0) is 20.6 Å². The molecule has 1 unspecified atom stereocenters. The molecule has 5 rings (SSSR count). The fourth-order valence-corrected chi connectivity index (χ4v) is 6.05. The van der Waals surface area contributed by atoms with Gasteiger partial charge in [-0.2, -0.15) is 0 Å². The molecule has 1 aliphatic heterocycles. The zero-order valence-electron chi connectivity index (χ0n) is 24.1. The highest BCUT2D eigenvalue weighted by Crippen LogP contribution is 2.39. The number of anilines is 3. The smallest absolute Gasteiger partial charge is 0.411 e. The summed E-state index contributed by atoms with van der Waals surface area (Å²) in [4.78, 5) is 32.1. The first-order valence-electron chi connectivity index (χ1n) is 13.9. The monoisotopic (exact) mass is 621 g/mol. The molecule has 44 heavy (non-hydrogen) atoms. The number of aromatic nitrogens is 1. The van der Waals surface area contributed by atoms with Crippen molar-refractivity contribution in [3.05, 3.63) is 83.8 Å². The second kappa shape index (κ2) is 13.3. The van der Waals surface area contributed by atoms with Crippen molar-refractivity contribution in [2.75, 3.05) is 36.6 Å². The lowest BCUT2D eigenvalue weighted by molar-refractivity contribution is -0.133. The van der Waals surface area contributed by atoms with Crippen LogP contribution in [0.2, 0.25) is 0 Å². The Hall–Kier alpha value is -4.75. The molecule has 0 radical (unpaired) electrons. The molecule has 1 fully saturated rings. The van der Waals surface area contributed by atoms with E-state index in [1.807, 2.05) is 0 Å². The first-order chi connectivity index (χ1) is 21.2. The number of halogens is 1. The molecule has 1 saturated heterocycles. The molecule has 0 bridgehead atoms. The van der Waals surface area contributed by atoms with Gasteiger partial charge in [0, 0.05) is 35.1 Å². The van der Waals surface area contributed by atoms with Crippen molar-refractivity contribution in [1.29, 1.82) is 0 Å². The maximum atomic E-state index is 15.5. The Morgan fingerprint density at radius 3 is 2.70 bits per heavy atom. The summed E-state index contributed by atoms with van der Waals surface area (Å²) in [6.45, 7) is 2.48. The molecule has 1 aromatic heterocycles. The second-order valence-electron chi connectivity index (χ2n) is 10.1. The van der Waals surface area contributed by atoms with Crippen LogP contribution in [0.1, 0.15) is 43.0 Å². The Kier molecular flexibility index (Phi) is 9.26. The first kappa shape index (κ1) is 30.7. The lowest BCUT2D eigenvalue weighted by Crippen LogP contribution is -2.38. The van der Waals surface area contributed by atoms with Crippen LogP contribution in [0.25, 0.3) is 10.8 Å². The van der Waals surface area contributed by atoms with Crippen molar-refractivity contribution in [3.8, 4) is 5.75 Å². The lowest BCUT2D eigenvalue weighted by Gasteiger charge is -2.31. The highest BCUT2D eigenvalue weighted by molar-refractivity contribution is 7.79. The zero-order valence-corrected chi connectivity index (χ0v) is 24.9. The number of carbonyl (C=O) groups excluding carboxylic acids is 2. The number of hydrogen-bond acceptors (Lipinski definition) is 8. The zero-order chi connectivity index (χ0) is 31.4. The molecule has 0 aliphatic carbocycles. The molecule has 2 amide bonds. The van der Waals surface area contributed by atoms with Gasteiger partial charge in [0.15, 0.2) is 11.1 Å². The molecule has 3 aromatic carbocycles. The molecule has 230 valence electrons. The molecule has 4 aromatic rings. The summed E-state index contributed by atoms with van der Waals surface area (Å²) in [6, 6.07) is 14.0. The van der Waals surface area contributed by atoms with E-state index >= 15 is 4.39 Å². The molecular weight excluding hydrogens is 589 g/mol. The molecule has 11 nitrogen and oxygen atoms in total. The summed E-state index contributed by atoms with van der Waals surface area (Å²) in [5, 5.41) is 7.28. The highest BCUT2D eigenvalue weighted by atomic mass is 32.2. The van der Waals surface area contributed by atoms with Crippen LogP contribution in [0.4, 0.5) is 26.4 Å². The van der Waals surface area contributed by atoms with Crippen LogP contribution in [0, 0.1) is 5.82 Å². The largest absolute Gasteiger partial charge is 0.494 e. The van der Waals surface area contributed by atoms with Gasteiger partial charge in [-0.3, -0.25) is 10.1 Å². The number of benzene rings is 3. The van der Waals surface area contributed by atoms with Gasteiger partial charge in [-0.1, -0.05) is 0 Å². The number of amides is 2. The molecule has 1 aliphatic rings. The summed E-state index contributed by atoms with van der Waals surface area (Å²) in [5.74, 6) is -0.294. The molecule has 13 heteroatoms. The van der Waals surface area contributed by atoms with E-state index in [0.29, 0.717) is 54.5 Å². The van der Waals surface area contributed by atoms with Gasteiger partial charge in [-0.15, -0.1) is 0 Å². The van der Waals surface area contributed by atoms with Gasteiger partial charge >= 0.3 is 6.09 Å². The fourth-order valence-electron chi connectivity index (χ4n) is 5.46. The van der Waals surface area contributed by atoms with Crippen LogP contribution in [0.3, 0.4) is 0 Å². The van der Waals surface area contributed by atoms with Crippen LogP contribution >= 0.6 is 0 Å². The van der Waals surface area contributed by atoms with Gasteiger partial charge < -0.3 is 30.0 Å². The number of nitrogens with two attached hydrogens (primary N) is 1. The van der Waals surface area contributed by atoms with Crippen LogP contribution in [-0.4, -0.2) is 50.9 Å². The normalized spacial score (nSPS) is 15.9. The Balaban J connectivity index is 1.57. The predicted molar refractivity (Wildman–Crippen MR) is 165 cm³/mol. The summed E-state index contributed by atoms with van der Waals surface area (Å²) in [5.41, 5.74) is 7.36. The van der Waals surface area contributed by atoms with Gasteiger partial charge in [0.05, 0.1) is 24.7 Å². The molecule has 2 heterocycles. The first-order valence-corrected chi connectivity index (χ1v) is 15.0. The van der Waals surface area contributed by atoms with Gasteiger partial charge in [0.25, 0.3) is 0 Å². The molecule has 0 saturated carbocycles. The average Bonchev–Trinajstić information content (AvgIpc) is 3.51. The van der Waals surface area contributed by atoms with Gasteiger partial charge in [-0.05, 0) is 91.4 Å². The SMILES string of the molecule is CCOc1ccc(F)c([C@H](Nc2ccc3c(N)nccc3c2)C(=O)N2CCC[C@@H]2c2cc(NC(=O)OC)ccc2S(=O)O)c1. The number of pyridine rings is 1. The number of hydrogen-bond donors (Lipinski definition) is 4. The minimum atomic E-state index is -2.38. The fraction of sp³-hybridized carbons (Fsp3) is 0.258. The van der Waals surface area contributed by atoms with Gasteiger partial charge in [-0.25, -0.2) is 18.4 Å². The number of fused-ring (bicyclic) bond motifs is 1. The van der Waals surface area contributed by atoms with Crippen molar-refractivity contribution in [3.63, 3.8) is 0 Å². The Labute approximate surface area is 255 Å². The van der Waals surface area contributed by atoms with E-state index in [9.17, 15) is 18.4 Å². The number of methoxy groups -OCH3 is 1. The van der Waals surface area contributed by atoms with E-state index in [2.05, 4.69) is 20.4 Å². The summed E-state index contributed by atoms with van der Waals surface area (Å²) < 4.78 is 48.2. The van der Waals surface area contributed by atoms with Crippen molar-refractivity contribution >= 4 is 51.0 Å². The summed E-state index contributed by atoms with van der Waals surface area (Å²) >= 11 is -2.38. The van der Waals surface area contributed by atoms with Crippen LogP contribution < -0.4 is 21.1 Å². The number of nitrogens with zero attached hydrogens (tertiary/aromatic N) is 2. The topological polar surface area (TPSA) is 156 Å². The van der Waals surface area contributed by atoms with Crippen LogP contribution in [0.15, 0.2) is 71.8 Å². The lowest BCUT2D eigenvalue weighted by atomic mass is 10.00. The van der Waals surface area contributed by atoms with Crippen molar-refractivity contribution in [1.82, 2.24) is 9.88 Å². The van der Waals surface area contributed by atoms with Gasteiger partial charge in [0.2, 0.25) is 5.91 Å². The number of rotatable bonds is 9. The van der Waals surface area contributed by atoms with E-state index < -0.39 is 41.0 Å². The third-order valence-electron chi connectivity index (χ3n) is 7.47. The maximum absolute atomic E-state index is 15.5. The van der Waals surface area contributed by atoms with E-state index in [1.165, 1.54) is 37.4 Å². The number of ether oxygens (including phenoxy) is 2. The quantitative estimate of drug-likeness (QED) is 0.174. The van der Waals surface area contributed by atoms with E-state index in [0.717, 1.165) is 10.8 Å². The minimum Gasteiger partial charge on any atom is -0.494 e. The average molecular weight is 622 g/mol.